The fraction of sp³-hybridized carbons (Fsp3) is 0.550. The van der Waals surface area contributed by atoms with Gasteiger partial charge in [-0.05, 0) is 63.6 Å². The lowest BCUT2D eigenvalue weighted by Gasteiger charge is -2.26. The molecule has 1 amide bonds. The molecule has 0 unspecified atom stereocenters. The molecule has 138 valence electrons. The summed E-state index contributed by atoms with van der Waals surface area (Å²) < 4.78 is 11.2. The first kappa shape index (κ1) is 19.3. The van der Waals surface area contributed by atoms with Crippen LogP contribution < -0.4 is 14.8 Å². The lowest BCUT2D eigenvalue weighted by molar-refractivity contribution is -0.116. The van der Waals surface area contributed by atoms with Gasteiger partial charge in [0.2, 0.25) is 5.91 Å². The average molecular weight is 346 g/mol. The van der Waals surface area contributed by atoms with Crippen molar-refractivity contribution >= 4 is 12.0 Å². The van der Waals surface area contributed by atoms with E-state index in [-0.39, 0.29) is 5.91 Å². The van der Waals surface area contributed by atoms with E-state index < -0.39 is 0 Å². The Morgan fingerprint density at radius 3 is 2.56 bits per heavy atom. The summed E-state index contributed by atoms with van der Waals surface area (Å²) >= 11 is 0. The number of benzene rings is 1. The fourth-order valence-electron chi connectivity index (χ4n) is 2.92. The highest BCUT2D eigenvalue weighted by Crippen LogP contribution is 2.28. The van der Waals surface area contributed by atoms with Crippen molar-refractivity contribution in [1.82, 2.24) is 10.2 Å². The first-order chi connectivity index (χ1) is 12.2. The van der Waals surface area contributed by atoms with Crippen molar-refractivity contribution in [3.8, 4) is 11.5 Å². The van der Waals surface area contributed by atoms with Gasteiger partial charge < -0.3 is 19.7 Å². The summed E-state index contributed by atoms with van der Waals surface area (Å²) in [5.41, 5.74) is 0.915. The lowest BCUT2D eigenvalue weighted by Crippen LogP contribution is -2.37. The SMILES string of the molecule is CCOc1ccc(/C=C/C(=O)NCCN2CCCCC2)cc1OCC. The van der Waals surface area contributed by atoms with Gasteiger partial charge >= 0.3 is 0 Å². The summed E-state index contributed by atoms with van der Waals surface area (Å²) in [6.45, 7) is 8.97. The Bertz CT molecular complexity index is 566. The van der Waals surface area contributed by atoms with Crippen molar-refractivity contribution < 1.29 is 14.3 Å². The first-order valence-electron chi connectivity index (χ1n) is 9.30. The monoisotopic (exact) mass is 346 g/mol. The predicted molar refractivity (Wildman–Crippen MR) is 101 cm³/mol. The molecule has 25 heavy (non-hydrogen) atoms. The zero-order chi connectivity index (χ0) is 17.9. The molecule has 1 saturated heterocycles. The minimum absolute atomic E-state index is 0.0659. The van der Waals surface area contributed by atoms with E-state index in [1.165, 1.54) is 19.3 Å². The molecular formula is C20H30N2O3. The molecule has 1 aliphatic rings. The molecule has 1 aliphatic heterocycles. The molecule has 1 fully saturated rings. The van der Waals surface area contributed by atoms with Crippen LogP contribution in [0.25, 0.3) is 6.08 Å². The average Bonchev–Trinajstić information content (AvgIpc) is 2.63. The number of nitrogens with one attached hydrogen (secondary N) is 1. The number of ether oxygens (including phenoxy) is 2. The Kier molecular flexibility index (Phi) is 8.32. The maximum absolute atomic E-state index is 12.0. The van der Waals surface area contributed by atoms with Crippen LogP contribution in [0.3, 0.4) is 0 Å². The molecule has 0 aromatic heterocycles. The molecule has 1 N–H and O–H groups in total. The van der Waals surface area contributed by atoms with Gasteiger partial charge in [0.25, 0.3) is 0 Å². The van der Waals surface area contributed by atoms with Crippen LogP contribution in [0.1, 0.15) is 38.7 Å². The molecule has 0 spiro atoms. The van der Waals surface area contributed by atoms with Crippen LogP contribution in [0.2, 0.25) is 0 Å². The van der Waals surface area contributed by atoms with Gasteiger partial charge in [0.1, 0.15) is 0 Å². The number of carbonyl (C=O) groups is 1. The number of rotatable bonds is 9. The van der Waals surface area contributed by atoms with Crippen molar-refractivity contribution in [2.45, 2.75) is 33.1 Å². The Morgan fingerprint density at radius 2 is 1.84 bits per heavy atom. The quantitative estimate of drug-likeness (QED) is 0.698. The molecule has 0 saturated carbocycles. The minimum atomic E-state index is -0.0659. The van der Waals surface area contributed by atoms with Gasteiger partial charge in [-0.25, -0.2) is 0 Å². The number of likely N-dealkylation sites (tertiary alicyclic amines) is 1. The zero-order valence-corrected chi connectivity index (χ0v) is 15.4. The van der Waals surface area contributed by atoms with Crippen LogP contribution in [0.5, 0.6) is 11.5 Å². The Labute approximate surface area is 151 Å². The van der Waals surface area contributed by atoms with Gasteiger partial charge in [0, 0.05) is 19.2 Å². The van der Waals surface area contributed by atoms with Gasteiger partial charge in [-0.3, -0.25) is 4.79 Å². The van der Waals surface area contributed by atoms with E-state index in [9.17, 15) is 4.79 Å². The molecule has 0 atom stereocenters. The highest BCUT2D eigenvalue weighted by atomic mass is 16.5. The van der Waals surface area contributed by atoms with E-state index in [0.717, 1.165) is 30.9 Å². The first-order valence-corrected chi connectivity index (χ1v) is 9.30. The molecule has 5 heteroatoms. The van der Waals surface area contributed by atoms with Gasteiger partial charge in [-0.1, -0.05) is 12.5 Å². The smallest absolute Gasteiger partial charge is 0.244 e. The summed E-state index contributed by atoms with van der Waals surface area (Å²) in [6.07, 6.45) is 7.25. The van der Waals surface area contributed by atoms with Crippen molar-refractivity contribution in [1.29, 1.82) is 0 Å². The molecule has 1 aromatic carbocycles. The molecule has 5 nitrogen and oxygen atoms in total. The molecule has 0 radical (unpaired) electrons. The van der Waals surface area contributed by atoms with Crippen LogP contribution in [-0.4, -0.2) is 50.2 Å². The third-order valence-electron chi connectivity index (χ3n) is 4.17. The molecular weight excluding hydrogens is 316 g/mol. The van der Waals surface area contributed by atoms with E-state index >= 15 is 0 Å². The highest BCUT2D eigenvalue weighted by molar-refractivity contribution is 5.91. The molecule has 0 aliphatic carbocycles. The predicted octanol–water partition coefficient (Wildman–Crippen LogP) is 3.10. The summed E-state index contributed by atoms with van der Waals surface area (Å²) in [4.78, 5) is 14.4. The van der Waals surface area contributed by atoms with E-state index in [0.29, 0.717) is 25.5 Å². The van der Waals surface area contributed by atoms with Crippen LogP contribution in [0.4, 0.5) is 0 Å². The zero-order valence-electron chi connectivity index (χ0n) is 15.4. The van der Waals surface area contributed by atoms with Crippen molar-refractivity contribution in [3.05, 3.63) is 29.8 Å². The summed E-state index contributed by atoms with van der Waals surface area (Å²) in [5, 5.41) is 2.95. The number of amides is 1. The summed E-state index contributed by atoms with van der Waals surface area (Å²) in [5.74, 6) is 1.37. The second-order valence-corrected chi connectivity index (χ2v) is 6.10. The second-order valence-electron chi connectivity index (χ2n) is 6.10. The van der Waals surface area contributed by atoms with Crippen LogP contribution in [0.15, 0.2) is 24.3 Å². The summed E-state index contributed by atoms with van der Waals surface area (Å²) in [6, 6.07) is 5.69. The Hall–Kier alpha value is -2.01. The van der Waals surface area contributed by atoms with Crippen LogP contribution in [0, 0.1) is 0 Å². The van der Waals surface area contributed by atoms with Crippen LogP contribution in [-0.2, 0) is 4.79 Å². The maximum atomic E-state index is 12.0. The van der Waals surface area contributed by atoms with E-state index in [1.54, 1.807) is 12.2 Å². The third kappa shape index (κ3) is 6.78. The number of piperidine rings is 1. The van der Waals surface area contributed by atoms with Gasteiger partial charge in [0.05, 0.1) is 13.2 Å². The second kappa shape index (κ2) is 10.8. The van der Waals surface area contributed by atoms with Crippen molar-refractivity contribution in [2.24, 2.45) is 0 Å². The fourth-order valence-corrected chi connectivity index (χ4v) is 2.92. The Balaban J connectivity index is 1.82. The number of hydrogen-bond acceptors (Lipinski definition) is 4. The van der Waals surface area contributed by atoms with E-state index in [2.05, 4.69) is 10.2 Å². The number of hydrogen-bond donors (Lipinski definition) is 1. The van der Waals surface area contributed by atoms with Gasteiger partial charge in [0.15, 0.2) is 11.5 Å². The van der Waals surface area contributed by atoms with Crippen LogP contribution >= 0.6 is 0 Å². The van der Waals surface area contributed by atoms with Gasteiger partial charge in [-0.2, -0.15) is 0 Å². The summed E-state index contributed by atoms with van der Waals surface area (Å²) in [7, 11) is 0. The normalized spacial score (nSPS) is 15.3. The molecule has 2 rings (SSSR count). The maximum Gasteiger partial charge on any atom is 0.244 e. The van der Waals surface area contributed by atoms with Crippen molar-refractivity contribution in [2.75, 3.05) is 39.4 Å². The number of carbonyl (C=O) groups excluding carboxylic acids is 1. The third-order valence-corrected chi connectivity index (χ3v) is 4.17. The standard InChI is InChI=1S/C20H30N2O3/c1-3-24-18-10-8-17(16-19(18)25-4-2)9-11-20(23)21-12-15-22-13-6-5-7-14-22/h8-11,16H,3-7,12-15H2,1-2H3,(H,21,23)/b11-9+. The minimum Gasteiger partial charge on any atom is -0.490 e. The largest absolute Gasteiger partial charge is 0.490 e. The van der Waals surface area contributed by atoms with E-state index in [1.807, 2.05) is 32.0 Å². The van der Waals surface area contributed by atoms with E-state index in [4.69, 9.17) is 9.47 Å². The topological polar surface area (TPSA) is 50.8 Å². The van der Waals surface area contributed by atoms with Gasteiger partial charge in [-0.15, -0.1) is 0 Å². The van der Waals surface area contributed by atoms with Crippen molar-refractivity contribution in [3.63, 3.8) is 0 Å². The lowest BCUT2D eigenvalue weighted by atomic mass is 10.1. The molecule has 1 heterocycles. The highest BCUT2D eigenvalue weighted by Gasteiger charge is 2.09. The molecule has 1 aromatic rings. The Morgan fingerprint density at radius 1 is 1.12 bits per heavy atom. The number of nitrogens with zero attached hydrogens (tertiary/aromatic N) is 1. The molecule has 0 bridgehead atoms.